The van der Waals surface area contributed by atoms with Gasteiger partial charge in [-0.25, -0.2) is 0 Å². The molecule has 4 fully saturated rings. The molecule has 8 N–H and O–H groups in total. The SMILES string of the molecule is CNCC(=O)N[C@H]1CCS[C@H]2CC(C)(C)[C@@H](C(=O)N[C@H](C(=O)NCC#CC#CCNC(=O)[C@@H](NC(=O)[C@H]3N4C(=O)[C@@H](NC(=O)[C@H](C)NC)CCS[C@H]4CC3(C)C)c3ccccc3)c3ccccc3)N2C1=O. The average Bonchev–Trinajstić information content (AvgIpc) is 3.66. The zero-order chi connectivity index (χ0) is 51.5. The highest BCUT2D eigenvalue weighted by Gasteiger charge is 2.56. The Morgan fingerprint density at radius 1 is 0.648 bits per heavy atom. The van der Waals surface area contributed by atoms with Gasteiger partial charge in [-0.05, 0) is 92.0 Å². The molecule has 6 rings (SSSR count). The lowest BCUT2D eigenvalue weighted by Crippen LogP contribution is -2.58. The van der Waals surface area contributed by atoms with E-state index in [4.69, 9.17) is 0 Å². The standard InChI is InChI=1S/C51H66N10O8S2/c1-31(53-7)43(63)57-35-23-27-71-38-29-51(4,5)42(61(38)49(35)69)47(67)59-40(33-20-14-11-15-21-33)45(65)55-25-17-9-8-16-24-54-44(64)39(32-18-12-10-13-19-32)58-46(66)41-50(2,3)28-37-60(41)48(68)34(22-26-70-37)56-36(62)30-52-6/h10-15,18-21,31,34-35,37-42,52-53H,22-30H2,1-7H3,(H,54,64)(H,55,65)(H,56,62)(H,57,63)(H,58,66)(H,59,67)/t31-,34-,35-,37-,38-,39-,40-,41+,42+/m0/s1. The van der Waals surface area contributed by atoms with Gasteiger partial charge in [-0.1, -0.05) is 100 Å². The van der Waals surface area contributed by atoms with Crippen molar-refractivity contribution in [3.63, 3.8) is 0 Å². The number of fused-ring (bicyclic) bond motifs is 2. The summed E-state index contributed by atoms with van der Waals surface area (Å²) >= 11 is 3.15. The van der Waals surface area contributed by atoms with Gasteiger partial charge in [0.2, 0.25) is 47.3 Å². The summed E-state index contributed by atoms with van der Waals surface area (Å²) < 4.78 is 0. The second-order valence-corrected chi connectivity index (χ2v) is 21.9. The molecule has 4 saturated heterocycles. The molecule has 380 valence electrons. The molecule has 0 aliphatic carbocycles. The fourth-order valence-corrected chi connectivity index (χ4v) is 12.7. The predicted octanol–water partition coefficient (Wildman–Crippen LogP) is 0.918. The molecule has 9 atom stereocenters. The molecule has 0 aromatic heterocycles. The van der Waals surface area contributed by atoms with Crippen molar-refractivity contribution in [2.75, 3.05) is 45.2 Å². The number of nitrogens with zero attached hydrogens (tertiary/aromatic N) is 2. The van der Waals surface area contributed by atoms with Crippen LogP contribution in [0.15, 0.2) is 60.7 Å². The molecular weight excluding hydrogens is 945 g/mol. The molecule has 0 radical (unpaired) electrons. The number of thioether (sulfide) groups is 2. The Hall–Kier alpha value is -6.06. The van der Waals surface area contributed by atoms with Crippen LogP contribution >= 0.6 is 23.5 Å². The van der Waals surface area contributed by atoms with Gasteiger partial charge in [0.15, 0.2) is 0 Å². The Balaban J connectivity index is 1.08. The normalized spacial score (nSPS) is 24.3. The van der Waals surface area contributed by atoms with Gasteiger partial charge in [0.1, 0.15) is 36.3 Å². The van der Waals surface area contributed by atoms with E-state index < -0.39 is 76.8 Å². The Morgan fingerprint density at radius 2 is 1.07 bits per heavy atom. The van der Waals surface area contributed by atoms with Gasteiger partial charge in [0, 0.05) is 0 Å². The summed E-state index contributed by atoms with van der Waals surface area (Å²) in [5, 5.41) is 22.1. The topological polar surface area (TPSA) is 239 Å². The van der Waals surface area contributed by atoms with Crippen molar-refractivity contribution in [1.82, 2.24) is 52.3 Å². The Bertz CT molecular complexity index is 2440. The summed E-state index contributed by atoms with van der Waals surface area (Å²) in [7, 11) is 3.30. The number of amides is 8. The fraction of sp³-hybridized carbons (Fsp3) is 0.529. The van der Waals surface area contributed by atoms with Crippen LogP contribution in [0.4, 0.5) is 0 Å². The summed E-state index contributed by atoms with van der Waals surface area (Å²) in [6.45, 7) is 9.20. The van der Waals surface area contributed by atoms with Gasteiger partial charge < -0.3 is 52.3 Å². The van der Waals surface area contributed by atoms with Crippen molar-refractivity contribution in [3.05, 3.63) is 71.8 Å². The van der Waals surface area contributed by atoms with Crippen LogP contribution in [0.25, 0.3) is 0 Å². The number of carbonyl (C=O) groups is 8. The Kier molecular flexibility index (Phi) is 18.6. The third kappa shape index (κ3) is 13.3. The zero-order valence-corrected chi connectivity index (χ0v) is 42.9. The molecule has 71 heavy (non-hydrogen) atoms. The number of likely N-dealkylation sites (N-methyl/N-ethyl adjacent to an activating group) is 2. The summed E-state index contributed by atoms with van der Waals surface area (Å²) in [5.41, 5.74) is -0.254. The van der Waals surface area contributed by atoms with Crippen molar-refractivity contribution in [3.8, 4) is 23.7 Å². The fourth-order valence-electron chi connectivity index (χ4n) is 9.51. The first kappa shape index (κ1) is 54.3. The maximum absolute atomic E-state index is 14.3. The van der Waals surface area contributed by atoms with E-state index in [2.05, 4.69) is 66.2 Å². The third-order valence-electron chi connectivity index (χ3n) is 13.2. The molecule has 20 heteroatoms. The number of carbonyl (C=O) groups excluding carboxylic acids is 8. The molecular formula is C51H66N10O8S2. The lowest BCUT2D eigenvalue weighted by molar-refractivity contribution is -0.144. The second-order valence-electron chi connectivity index (χ2n) is 19.4. The quantitative estimate of drug-likeness (QED) is 0.110. The van der Waals surface area contributed by atoms with E-state index in [1.807, 2.05) is 27.7 Å². The van der Waals surface area contributed by atoms with Crippen molar-refractivity contribution in [2.45, 2.75) is 113 Å². The van der Waals surface area contributed by atoms with Crippen molar-refractivity contribution in [2.24, 2.45) is 10.8 Å². The van der Waals surface area contributed by atoms with Gasteiger partial charge in [-0.2, -0.15) is 0 Å². The molecule has 4 heterocycles. The van der Waals surface area contributed by atoms with Crippen LogP contribution in [0.3, 0.4) is 0 Å². The molecule has 0 unspecified atom stereocenters. The number of rotatable bonds is 16. The molecule has 18 nitrogen and oxygen atoms in total. The Morgan fingerprint density at radius 3 is 1.48 bits per heavy atom. The summed E-state index contributed by atoms with van der Waals surface area (Å²) in [6.07, 6.45) is 1.94. The van der Waals surface area contributed by atoms with Gasteiger partial charge in [-0.3, -0.25) is 38.4 Å². The number of benzene rings is 2. The summed E-state index contributed by atoms with van der Waals surface area (Å²) in [4.78, 5) is 113. The highest BCUT2D eigenvalue weighted by molar-refractivity contribution is 8.00. The first-order valence-electron chi connectivity index (χ1n) is 23.9. The van der Waals surface area contributed by atoms with Crippen LogP contribution in [0, 0.1) is 34.5 Å². The van der Waals surface area contributed by atoms with E-state index in [9.17, 15) is 38.4 Å². The second kappa shape index (κ2) is 24.4. The molecule has 4 aliphatic rings. The van der Waals surface area contributed by atoms with Crippen molar-refractivity contribution < 1.29 is 38.4 Å². The van der Waals surface area contributed by atoms with Crippen LogP contribution in [0.1, 0.15) is 83.5 Å². The maximum Gasteiger partial charge on any atom is 0.247 e. The van der Waals surface area contributed by atoms with E-state index in [-0.39, 0.29) is 54.0 Å². The minimum atomic E-state index is -1.13. The monoisotopic (exact) mass is 1010 g/mol. The first-order chi connectivity index (χ1) is 33.9. The molecule has 0 saturated carbocycles. The summed E-state index contributed by atoms with van der Waals surface area (Å²) in [5.74, 6) is 8.80. The molecule has 8 amide bonds. The maximum atomic E-state index is 14.3. The third-order valence-corrected chi connectivity index (χ3v) is 15.7. The average molecular weight is 1010 g/mol. The van der Waals surface area contributed by atoms with Crippen LogP contribution in [-0.4, -0.2) is 143 Å². The van der Waals surface area contributed by atoms with Crippen molar-refractivity contribution >= 4 is 70.8 Å². The lowest BCUT2D eigenvalue weighted by Gasteiger charge is -2.35. The largest absolute Gasteiger partial charge is 0.343 e. The van der Waals surface area contributed by atoms with Crippen LogP contribution < -0.4 is 42.5 Å². The first-order valence-corrected chi connectivity index (χ1v) is 26.0. The van der Waals surface area contributed by atoms with E-state index in [0.29, 0.717) is 48.3 Å². The molecule has 2 aromatic carbocycles. The molecule has 0 spiro atoms. The van der Waals surface area contributed by atoms with Gasteiger partial charge in [-0.15, -0.1) is 23.5 Å². The van der Waals surface area contributed by atoms with Crippen LogP contribution in [-0.2, 0) is 38.4 Å². The predicted molar refractivity (Wildman–Crippen MR) is 272 cm³/mol. The minimum Gasteiger partial charge on any atom is -0.343 e. The molecule has 2 aromatic rings. The lowest BCUT2D eigenvalue weighted by atomic mass is 9.83. The number of nitrogens with one attached hydrogen (secondary N) is 8. The van der Waals surface area contributed by atoms with E-state index in [1.165, 1.54) is 0 Å². The van der Waals surface area contributed by atoms with Gasteiger partial charge in [0.05, 0.1) is 36.4 Å². The number of hydrogen-bond donors (Lipinski definition) is 8. The molecule has 0 bridgehead atoms. The van der Waals surface area contributed by atoms with Crippen LogP contribution in [0.2, 0.25) is 0 Å². The van der Waals surface area contributed by atoms with Gasteiger partial charge in [0.25, 0.3) is 0 Å². The highest BCUT2D eigenvalue weighted by atomic mass is 32.2. The van der Waals surface area contributed by atoms with E-state index in [1.54, 1.807) is 115 Å². The van der Waals surface area contributed by atoms with E-state index >= 15 is 0 Å². The summed E-state index contributed by atoms with van der Waals surface area (Å²) in [6, 6.07) is 11.3. The van der Waals surface area contributed by atoms with E-state index in [0.717, 1.165) is 0 Å². The Labute approximate surface area is 424 Å². The number of hydrogen-bond acceptors (Lipinski definition) is 12. The van der Waals surface area contributed by atoms with Crippen LogP contribution in [0.5, 0.6) is 0 Å². The van der Waals surface area contributed by atoms with Crippen molar-refractivity contribution in [1.29, 1.82) is 0 Å². The molecule has 4 aliphatic heterocycles. The smallest absolute Gasteiger partial charge is 0.247 e. The van der Waals surface area contributed by atoms with Gasteiger partial charge >= 0.3 is 0 Å². The highest BCUT2D eigenvalue weighted by Crippen LogP contribution is 2.48. The zero-order valence-electron chi connectivity index (χ0n) is 41.3. The minimum absolute atomic E-state index is 0.0470.